The normalized spacial score (nSPS) is 15.5. The van der Waals surface area contributed by atoms with Gasteiger partial charge < -0.3 is 15.4 Å². The smallest absolute Gasteiger partial charge is 0.213 e. The van der Waals surface area contributed by atoms with Crippen LogP contribution in [0.25, 0.3) is 0 Å². The second kappa shape index (κ2) is 10.4. The summed E-state index contributed by atoms with van der Waals surface area (Å²) in [6, 6.07) is 4.01. The lowest BCUT2D eigenvalue weighted by Crippen LogP contribution is -2.36. The van der Waals surface area contributed by atoms with Gasteiger partial charge in [-0.25, -0.2) is 15.0 Å². The number of hydrogen-bond donors (Lipinski definition) is 2. The van der Waals surface area contributed by atoms with E-state index >= 15 is 0 Å². The van der Waals surface area contributed by atoms with Crippen LogP contribution in [0.3, 0.4) is 0 Å². The van der Waals surface area contributed by atoms with E-state index in [0.717, 1.165) is 47.5 Å². The first-order valence-corrected chi connectivity index (χ1v) is 11.0. The number of nitrogens with one attached hydrogen (secondary N) is 2. The minimum absolute atomic E-state index is 0.327. The summed E-state index contributed by atoms with van der Waals surface area (Å²) >= 11 is 1.72. The molecule has 0 unspecified atom stereocenters. The fourth-order valence-corrected chi connectivity index (χ4v) is 4.09. The molecule has 1 aliphatic carbocycles. The summed E-state index contributed by atoms with van der Waals surface area (Å²) in [6.45, 7) is 8.27. The standard InChI is InChI=1S/C21H31N5OS/c1-4-22-21(25-14-20-26-15(2)16(3)28-20)24-13-17-10-11-19(23-12-17)27-18-8-6-5-7-9-18/h10-12,18H,4-9,13-14H2,1-3H3,(H2,22,24,25). The number of hydrogen-bond acceptors (Lipinski definition) is 5. The molecule has 28 heavy (non-hydrogen) atoms. The Kier molecular flexibility index (Phi) is 7.65. The average molecular weight is 402 g/mol. The second-order valence-electron chi connectivity index (χ2n) is 7.18. The first-order chi connectivity index (χ1) is 13.6. The van der Waals surface area contributed by atoms with Gasteiger partial charge in [0.2, 0.25) is 5.88 Å². The summed E-state index contributed by atoms with van der Waals surface area (Å²) in [5.74, 6) is 1.51. The van der Waals surface area contributed by atoms with Crippen molar-refractivity contribution in [2.75, 3.05) is 6.54 Å². The van der Waals surface area contributed by atoms with E-state index in [1.165, 1.54) is 24.1 Å². The number of ether oxygens (including phenoxy) is 1. The maximum atomic E-state index is 6.00. The fraction of sp³-hybridized carbons (Fsp3) is 0.571. The zero-order valence-electron chi connectivity index (χ0n) is 17.1. The minimum atomic E-state index is 0.327. The summed E-state index contributed by atoms with van der Waals surface area (Å²) in [6.07, 6.45) is 8.32. The van der Waals surface area contributed by atoms with Crippen LogP contribution in [0, 0.1) is 13.8 Å². The van der Waals surface area contributed by atoms with Gasteiger partial charge in [-0.1, -0.05) is 12.5 Å². The van der Waals surface area contributed by atoms with Gasteiger partial charge >= 0.3 is 0 Å². The van der Waals surface area contributed by atoms with E-state index in [-0.39, 0.29) is 0 Å². The quantitative estimate of drug-likeness (QED) is 0.539. The van der Waals surface area contributed by atoms with E-state index in [2.05, 4.69) is 39.4 Å². The van der Waals surface area contributed by atoms with Crippen molar-refractivity contribution in [3.05, 3.63) is 39.5 Å². The molecule has 2 heterocycles. The van der Waals surface area contributed by atoms with E-state index in [9.17, 15) is 0 Å². The molecular formula is C21H31N5OS. The second-order valence-corrected chi connectivity index (χ2v) is 8.47. The predicted molar refractivity (Wildman–Crippen MR) is 115 cm³/mol. The number of aromatic nitrogens is 2. The van der Waals surface area contributed by atoms with Crippen molar-refractivity contribution < 1.29 is 4.74 Å². The molecule has 2 N–H and O–H groups in total. The number of pyridine rings is 1. The third-order valence-corrected chi connectivity index (χ3v) is 5.95. The predicted octanol–water partition coefficient (Wildman–Crippen LogP) is 4.12. The lowest BCUT2D eigenvalue weighted by Gasteiger charge is -2.22. The summed E-state index contributed by atoms with van der Waals surface area (Å²) in [7, 11) is 0. The van der Waals surface area contributed by atoms with Crippen LogP contribution >= 0.6 is 11.3 Å². The van der Waals surface area contributed by atoms with E-state index in [1.807, 2.05) is 25.3 Å². The molecule has 0 aliphatic heterocycles. The van der Waals surface area contributed by atoms with Crippen LogP contribution in [0.5, 0.6) is 5.88 Å². The summed E-state index contributed by atoms with van der Waals surface area (Å²) < 4.78 is 6.00. The molecule has 3 rings (SSSR count). The van der Waals surface area contributed by atoms with Crippen LogP contribution < -0.4 is 15.4 Å². The van der Waals surface area contributed by atoms with Crippen LogP contribution in [-0.4, -0.2) is 28.6 Å². The maximum absolute atomic E-state index is 6.00. The molecular weight excluding hydrogens is 370 g/mol. The maximum Gasteiger partial charge on any atom is 0.213 e. The topological polar surface area (TPSA) is 71.4 Å². The molecule has 2 aromatic heterocycles. The van der Waals surface area contributed by atoms with Gasteiger partial charge in [-0.2, -0.15) is 0 Å². The molecule has 0 aromatic carbocycles. The third kappa shape index (κ3) is 6.19. The zero-order valence-corrected chi connectivity index (χ0v) is 17.9. The Morgan fingerprint density at radius 3 is 2.68 bits per heavy atom. The van der Waals surface area contributed by atoms with Crippen molar-refractivity contribution >= 4 is 17.3 Å². The average Bonchev–Trinajstić information content (AvgIpc) is 3.03. The summed E-state index contributed by atoms with van der Waals surface area (Å²) in [4.78, 5) is 15.0. The SMILES string of the molecule is CCNC(=NCc1ccc(OC2CCCCC2)nc1)NCc1nc(C)c(C)s1. The Labute approximate surface area is 171 Å². The van der Waals surface area contributed by atoms with Gasteiger partial charge in [0.15, 0.2) is 5.96 Å². The molecule has 1 saturated carbocycles. The monoisotopic (exact) mass is 401 g/mol. The Balaban J connectivity index is 1.52. The van der Waals surface area contributed by atoms with Crippen LogP contribution in [0.1, 0.15) is 60.2 Å². The Hall–Kier alpha value is -2.15. The molecule has 0 spiro atoms. The van der Waals surface area contributed by atoms with Gasteiger partial charge in [0.05, 0.1) is 18.8 Å². The molecule has 0 atom stereocenters. The molecule has 0 radical (unpaired) electrons. The molecule has 6 nitrogen and oxygen atoms in total. The number of nitrogens with zero attached hydrogens (tertiary/aromatic N) is 3. The van der Waals surface area contributed by atoms with E-state index in [0.29, 0.717) is 19.2 Å². The van der Waals surface area contributed by atoms with Crippen molar-refractivity contribution in [1.29, 1.82) is 0 Å². The molecule has 2 aromatic rings. The highest BCUT2D eigenvalue weighted by atomic mass is 32.1. The summed E-state index contributed by atoms with van der Waals surface area (Å²) in [5.41, 5.74) is 2.17. The Morgan fingerprint density at radius 2 is 2.04 bits per heavy atom. The number of rotatable bonds is 7. The van der Waals surface area contributed by atoms with Gasteiger partial charge in [-0.05, 0) is 52.0 Å². The first kappa shape index (κ1) is 20.6. The Bertz CT molecular complexity index is 746. The van der Waals surface area contributed by atoms with E-state index in [4.69, 9.17) is 4.74 Å². The number of guanidine groups is 1. The molecule has 152 valence electrons. The molecule has 0 saturated heterocycles. The molecule has 0 amide bonds. The van der Waals surface area contributed by atoms with Crippen LogP contribution in [0.4, 0.5) is 0 Å². The number of aryl methyl sites for hydroxylation is 2. The van der Waals surface area contributed by atoms with Crippen molar-refractivity contribution in [1.82, 2.24) is 20.6 Å². The Morgan fingerprint density at radius 1 is 1.21 bits per heavy atom. The zero-order chi connectivity index (χ0) is 19.8. The fourth-order valence-electron chi connectivity index (χ4n) is 3.21. The molecule has 7 heteroatoms. The first-order valence-electron chi connectivity index (χ1n) is 10.2. The largest absolute Gasteiger partial charge is 0.474 e. The number of thiazole rings is 1. The highest BCUT2D eigenvalue weighted by Crippen LogP contribution is 2.22. The molecule has 1 aliphatic rings. The van der Waals surface area contributed by atoms with Crippen molar-refractivity contribution in [3.63, 3.8) is 0 Å². The third-order valence-electron chi connectivity index (χ3n) is 4.88. The van der Waals surface area contributed by atoms with E-state index in [1.54, 1.807) is 11.3 Å². The van der Waals surface area contributed by atoms with Crippen molar-refractivity contribution in [3.8, 4) is 5.88 Å². The molecule has 0 bridgehead atoms. The van der Waals surface area contributed by atoms with Crippen molar-refractivity contribution in [2.24, 2.45) is 4.99 Å². The van der Waals surface area contributed by atoms with Gasteiger partial charge in [0.25, 0.3) is 0 Å². The van der Waals surface area contributed by atoms with Gasteiger partial charge in [0, 0.05) is 23.7 Å². The number of aliphatic imine (C=N–C) groups is 1. The molecule has 1 fully saturated rings. The van der Waals surface area contributed by atoms with Gasteiger partial charge in [0.1, 0.15) is 11.1 Å². The van der Waals surface area contributed by atoms with E-state index < -0.39 is 0 Å². The van der Waals surface area contributed by atoms with Crippen molar-refractivity contribution in [2.45, 2.75) is 72.1 Å². The summed E-state index contributed by atoms with van der Waals surface area (Å²) in [5, 5.41) is 7.71. The van der Waals surface area contributed by atoms with Gasteiger partial charge in [-0.3, -0.25) is 0 Å². The van der Waals surface area contributed by atoms with Crippen LogP contribution in [0.2, 0.25) is 0 Å². The van der Waals surface area contributed by atoms with Gasteiger partial charge in [-0.15, -0.1) is 11.3 Å². The highest BCUT2D eigenvalue weighted by molar-refractivity contribution is 7.11. The van der Waals surface area contributed by atoms with Crippen LogP contribution in [0.15, 0.2) is 23.3 Å². The lowest BCUT2D eigenvalue weighted by atomic mass is 9.98. The minimum Gasteiger partial charge on any atom is -0.474 e. The lowest BCUT2D eigenvalue weighted by molar-refractivity contribution is 0.148. The van der Waals surface area contributed by atoms with Crippen LogP contribution in [-0.2, 0) is 13.1 Å². The highest BCUT2D eigenvalue weighted by Gasteiger charge is 2.15.